The first-order valence-corrected chi connectivity index (χ1v) is 15.4. The summed E-state index contributed by atoms with van der Waals surface area (Å²) in [5.41, 5.74) is 10.3. The summed E-state index contributed by atoms with van der Waals surface area (Å²) in [6.45, 7) is 0. The van der Waals surface area contributed by atoms with Crippen molar-refractivity contribution in [3.63, 3.8) is 0 Å². The number of nitrogens with zero attached hydrogens (tertiary/aromatic N) is 3. The van der Waals surface area contributed by atoms with Gasteiger partial charge in [0.2, 0.25) is 0 Å². The van der Waals surface area contributed by atoms with Gasteiger partial charge in [0, 0.05) is 16.7 Å². The zero-order valence-corrected chi connectivity index (χ0v) is 24.3. The number of rotatable bonds is 3. The fourth-order valence-corrected chi connectivity index (χ4v) is 7.86. The normalized spacial score (nSPS) is 13.5. The predicted octanol–water partition coefficient (Wildman–Crippen LogP) is 9.86. The molecule has 1 aromatic heterocycles. The average Bonchev–Trinajstić information content (AvgIpc) is 3.59. The van der Waals surface area contributed by atoms with Crippen molar-refractivity contribution in [3.05, 3.63) is 174 Å². The van der Waals surface area contributed by atoms with E-state index in [0.29, 0.717) is 17.5 Å². The Morgan fingerprint density at radius 3 is 1.42 bits per heavy atom. The SMILES string of the molecule is c1ccc(-c2nc(-c3ccccc3)nc(-c3ccc4c(c3)C3(c5ccccc5-4)c4cccc5ccc6cccc3c6c45)n2)cc1. The first-order chi connectivity index (χ1) is 22.3. The molecule has 10 rings (SSSR count). The number of fused-ring (bicyclic) bond motifs is 7. The number of aromatic nitrogens is 3. The van der Waals surface area contributed by atoms with Gasteiger partial charge >= 0.3 is 0 Å². The van der Waals surface area contributed by atoms with E-state index >= 15 is 0 Å². The molecular weight excluding hydrogens is 546 g/mol. The Balaban J connectivity index is 1.27. The summed E-state index contributed by atoms with van der Waals surface area (Å²) in [6, 6.07) is 54.2. The second kappa shape index (κ2) is 9.04. The molecule has 0 aliphatic heterocycles. The fraction of sp³-hybridized carbons (Fsp3) is 0.0238. The van der Waals surface area contributed by atoms with Crippen molar-refractivity contribution in [2.24, 2.45) is 0 Å². The van der Waals surface area contributed by atoms with E-state index < -0.39 is 5.41 Å². The molecule has 0 N–H and O–H groups in total. The molecule has 208 valence electrons. The van der Waals surface area contributed by atoms with Crippen LogP contribution in [0.15, 0.2) is 152 Å². The molecule has 0 saturated heterocycles. The molecule has 0 atom stereocenters. The van der Waals surface area contributed by atoms with Gasteiger partial charge in [-0.15, -0.1) is 0 Å². The molecule has 3 heteroatoms. The highest BCUT2D eigenvalue weighted by Crippen LogP contribution is 2.62. The lowest BCUT2D eigenvalue weighted by Crippen LogP contribution is -2.26. The quantitative estimate of drug-likeness (QED) is 0.198. The predicted molar refractivity (Wildman–Crippen MR) is 182 cm³/mol. The number of benzene rings is 7. The van der Waals surface area contributed by atoms with Crippen LogP contribution in [0.1, 0.15) is 22.3 Å². The highest BCUT2D eigenvalue weighted by atomic mass is 15.0. The molecule has 7 aromatic carbocycles. The lowest BCUT2D eigenvalue weighted by Gasteiger charge is -2.31. The number of hydrogen-bond donors (Lipinski definition) is 0. The van der Waals surface area contributed by atoms with Gasteiger partial charge < -0.3 is 0 Å². The first kappa shape index (κ1) is 24.5. The van der Waals surface area contributed by atoms with Crippen LogP contribution in [0.5, 0.6) is 0 Å². The van der Waals surface area contributed by atoms with Crippen molar-refractivity contribution in [2.45, 2.75) is 5.41 Å². The van der Waals surface area contributed by atoms with Gasteiger partial charge in [-0.05, 0) is 61.0 Å². The van der Waals surface area contributed by atoms with Gasteiger partial charge in [0.25, 0.3) is 0 Å². The monoisotopic (exact) mass is 571 g/mol. The zero-order chi connectivity index (χ0) is 29.5. The summed E-state index contributed by atoms with van der Waals surface area (Å²) in [6.07, 6.45) is 0. The van der Waals surface area contributed by atoms with Gasteiger partial charge in [-0.3, -0.25) is 0 Å². The Kier molecular flexibility index (Phi) is 4.92. The Hall–Kier alpha value is -5.93. The van der Waals surface area contributed by atoms with Gasteiger partial charge in [-0.25, -0.2) is 15.0 Å². The first-order valence-electron chi connectivity index (χ1n) is 15.4. The van der Waals surface area contributed by atoms with Crippen LogP contribution < -0.4 is 0 Å². The second-order valence-electron chi connectivity index (χ2n) is 12.0. The summed E-state index contributed by atoms with van der Waals surface area (Å²) < 4.78 is 0. The molecule has 1 spiro atoms. The zero-order valence-electron chi connectivity index (χ0n) is 24.3. The largest absolute Gasteiger partial charge is 0.208 e. The molecule has 0 unspecified atom stereocenters. The smallest absolute Gasteiger partial charge is 0.164 e. The van der Waals surface area contributed by atoms with E-state index in [9.17, 15) is 0 Å². The van der Waals surface area contributed by atoms with Gasteiger partial charge in [0.15, 0.2) is 17.5 Å². The third-order valence-corrected chi connectivity index (χ3v) is 9.70. The summed E-state index contributed by atoms with van der Waals surface area (Å²) in [4.78, 5) is 15.1. The maximum absolute atomic E-state index is 5.08. The van der Waals surface area contributed by atoms with Crippen molar-refractivity contribution in [1.29, 1.82) is 0 Å². The van der Waals surface area contributed by atoms with Gasteiger partial charge in [-0.1, -0.05) is 146 Å². The molecule has 3 nitrogen and oxygen atoms in total. The molecular formula is C42H25N3. The molecule has 0 saturated carbocycles. The van der Waals surface area contributed by atoms with Crippen molar-refractivity contribution in [2.75, 3.05) is 0 Å². The van der Waals surface area contributed by atoms with Crippen LogP contribution in [0.4, 0.5) is 0 Å². The summed E-state index contributed by atoms with van der Waals surface area (Å²) in [5, 5.41) is 5.28. The van der Waals surface area contributed by atoms with Crippen LogP contribution in [0, 0.1) is 0 Å². The highest BCUT2D eigenvalue weighted by molar-refractivity contribution is 6.17. The third-order valence-electron chi connectivity index (χ3n) is 9.70. The van der Waals surface area contributed by atoms with Crippen LogP contribution in [0.3, 0.4) is 0 Å². The summed E-state index contributed by atoms with van der Waals surface area (Å²) in [7, 11) is 0. The Bertz CT molecular complexity index is 2360. The Morgan fingerprint density at radius 1 is 0.333 bits per heavy atom. The topological polar surface area (TPSA) is 38.7 Å². The molecule has 0 radical (unpaired) electrons. The third kappa shape index (κ3) is 3.27. The summed E-state index contributed by atoms with van der Waals surface area (Å²) in [5.74, 6) is 2.00. The van der Waals surface area contributed by atoms with Gasteiger partial charge in [0.05, 0.1) is 5.41 Å². The minimum Gasteiger partial charge on any atom is -0.208 e. The van der Waals surface area contributed by atoms with E-state index in [0.717, 1.165) is 16.7 Å². The minimum absolute atomic E-state index is 0.428. The van der Waals surface area contributed by atoms with Crippen LogP contribution in [-0.2, 0) is 5.41 Å². The van der Waals surface area contributed by atoms with Crippen LogP contribution in [-0.4, -0.2) is 15.0 Å². The van der Waals surface area contributed by atoms with Crippen LogP contribution in [0.2, 0.25) is 0 Å². The van der Waals surface area contributed by atoms with Crippen molar-refractivity contribution >= 4 is 21.5 Å². The van der Waals surface area contributed by atoms with Crippen LogP contribution >= 0.6 is 0 Å². The maximum atomic E-state index is 5.08. The second-order valence-corrected chi connectivity index (χ2v) is 12.0. The highest BCUT2D eigenvalue weighted by Gasteiger charge is 2.50. The molecule has 1 heterocycles. The van der Waals surface area contributed by atoms with E-state index in [1.54, 1.807) is 0 Å². The van der Waals surface area contributed by atoms with E-state index in [-0.39, 0.29) is 0 Å². The van der Waals surface area contributed by atoms with Crippen LogP contribution in [0.25, 0.3) is 66.8 Å². The average molecular weight is 572 g/mol. The lowest BCUT2D eigenvalue weighted by atomic mass is 9.70. The molecule has 0 amide bonds. The standard InChI is InChI=1S/C42H25N3/c1-3-11-28(12-4-1)39-43-40(29-13-5-2-6-14-29)45-41(44-39)30-23-24-32-31-17-7-8-18-33(31)42(36(32)25-30)34-19-9-15-26-21-22-27-16-10-20-35(42)38(27)37(26)34/h1-25H. The van der Waals surface area contributed by atoms with E-state index in [4.69, 9.17) is 15.0 Å². The van der Waals surface area contributed by atoms with Gasteiger partial charge in [-0.2, -0.15) is 0 Å². The minimum atomic E-state index is -0.428. The molecule has 0 bridgehead atoms. The Morgan fingerprint density at radius 2 is 0.822 bits per heavy atom. The molecule has 2 aliphatic carbocycles. The van der Waals surface area contributed by atoms with Crippen molar-refractivity contribution in [1.82, 2.24) is 15.0 Å². The molecule has 45 heavy (non-hydrogen) atoms. The van der Waals surface area contributed by atoms with Gasteiger partial charge in [0.1, 0.15) is 0 Å². The molecule has 0 fully saturated rings. The number of hydrogen-bond acceptors (Lipinski definition) is 3. The van der Waals surface area contributed by atoms with Crippen molar-refractivity contribution < 1.29 is 0 Å². The van der Waals surface area contributed by atoms with E-state index in [2.05, 4.69) is 115 Å². The fourth-order valence-electron chi connectivity index (χ4n) is 7.86. The molecule has 2 aliphatic rings. The van der Waals surface area contributed by atoms with E-state index in [1.165, 1.54) is 54.9 Å². The summed E-state index contributed by atoms with van der Waals surface area (Å²) >= 11 is 0. The Labute approximate surface area is 260 Å². The molecule has 8 aromatic rings. The van der Waals surface area contributed by atoms with Crippen molar-refractivity contribution in [3.8, 4) is 45.3 Å². The maximum Gasteiger partial charge on any atom is 0.164 e. The van der Waals surface area contributed by atoms with E-state index in [1.807, 2.05) is 36.4 Å². The lowest BCUT2D eigenvalue weighted by molar-refractivity contribution is 0.797.